The summed E-state index contributed by atoms with van der Waals surface area (Å²) in [6.07, 6.45) is 0.927. The number of hydrogen-bond donors (Lipinski definition) is 2. The van der Waals surface area contributed by atoms with E-state index in [1.165, 1.54) is 6.07 Å². The van der Waals surface area contributed by atoms with Crippen molar-refractivity contribution in [2.24, 2.45) is 0 Å². The highest BCUT2D eigenvalue weighted by atomic mass is 35.5. The van der Waals surface area contributed by atoms with Gasteiger partial charge in [-0.2, -0.15) is 4.98 Å². The van der Waals surface area contributed by atoms with Crippen molar-refractivity contribution in [2.75, 3.05) is 45.3 Å². The summed E-state index contributed by atoms with van der Waals surface area (Å²) in [5, 5.41) is 3.40. The molecule has 0 spiro atoms. The molecule has 30 heavy (non-hydrogen) atoms. The number of nitrogens with zero attached hydrogens (tertiary/aromatic N) is 3. The van der Waals surface area contributed by atoms with Gasteiger partial charge in [0.15, 0.2) is 0 Å². The van der Waals surface area contributed by atoms with Gasteiger partial charge in [-0.25, -0.2) is 9.37 Å². The van der Waals surface area contributed by atoms with Gasteiger partial charge in [0.25, 0.3) is 0 Å². The van der Waals surface area contributed by atoms with Crippen molar-refractivity contribution in [3.05, 3.63) is 53.3 Å². The molecule has 0 amide bonds. The fourth-order valence-corrected chi connectivity index (χ4v) is 3.27. The van der Waals surface area contributed by atoms with Crippen LogP contribution in [0.25, 0.3) is 22.4 Å². The van der Waals surface area contributed by atoms with E-state index in [-0.39, 0.29) is 11.0 Å². The van der Waals surface area contributed by atoms with Crippen molar-refractivity contribution in [1.29, 1.82) is 0 Å². The number of hydrogen-bond acceptors (Lipinski definition) is 6. The van der Waals surface area contributed by atoms with Gasteiger partial charge >= 0.3 is 0 Å². The molecule has 0 radical (unpaired) electrons. The topological polar surface area (TPSA) is 76.3 Å². The Morgan fingerprint density at radius 3 is 2.43 bits per heavy atom. The van der Waals surface area contributed by atoms with E-state index in [2.05, 4.69) is 20.2 Å². The van der Waals surface area contributed by atoms with E-state index in [1.807, 2.05) is 38.4 Å². The Morgan fingerprint density at radius 1 is 1.10 bits per heavy atom. The summed E-state index contributed by atoms with van der Waals surface area (Å²) >= 11 is 6.03. The standard InChI is InChI=1S/C22H25ClFN5O/c1-29(2)12-4-11-26-21-19(14-5-8-16(30-3)9-6-14)20(27-22(25)28-21)15-7-10-18(24)17(23)13-15/h5-10,13H,4,11-12H2,1-3H3,(H3,25,26,27,28). The molecule has 0 unspecified atom stereocenters. The maximum absolute atomic E-state index is 13.7. The minimum absolute atomic E-state index is 0.0193. The molecule has 3 rings (SSSR count). The van der Waals surface area contributed by atoms with Crippen molar-refractivity contribution in [2.45, 2.75) is 6.42 Å². The fourth-order valence-electron chi connectivity index (χ4n) is 3.09. The fraction of sp³-hybridized carbons (Fsp3) is 0.273. The average molecular weight is 430 g/mol. The third kappa shape index (κ3) is 5.17. The van der Waals surface area contributed by atoms with Crippen LogP contribution < -0.4 is 15.8 Å². The van der Waals surface area contributed by atoms with Gasteiger partial charge in [-0.1, -0.05) is 23.7 Å². The predicted octanol–water partition coefficient (Wildman–Crippen LogP) is 4.56. The number of nitrogen functional groups attached to an aromatic ring is 1. The number of methoxy groups -OCH3 is 1. The summed E-state index contributed by atoms with van der Waals surface area (Å²) in [6.45, 7) is 1.65. The van der Waals surface area contributed by atoms with E-state index < -0.39 is 5.82 Å². The third-order valence-corrected chi connectivity index (χ3v) is 4.86. The average Bonchev–Trinajstić information content (AvgIpc) is 2.73. The van der Waals surface area contributed by atoms with Crippen molar-refractivity contribution >= 4 is 23.4 Å². The molecule has 158 valence electrons. The molecule has 0 aliphatic rings. The zero-order chi connectivity index (χ0) is 21.7. The molecule has 2 aromatic carbocycles. The second-order valence-corrected chi connectivity index (χ2v) is 7.50. The first kappa shape index (κ1) is 21.8. The van der Waals surface area contributed by atoms with Gasteiger partial charge in [-0.05, 0) is 63.0 Å². The Labute approximate surface area is 180 Å². The zero-order valence-electron chi connectivity index (χ0n) is 17.2. The van der Waals surface area contributed by atoms with Crippen LogP contribution in [0.1, 0.15) is 6.42 Å². The van der Waals surface area contributed by atoms with Gasteiger partial charge in [0, 0.05) is 12.1 Å². The number of aromatic nitrogens is 2. The lowest BCUT2D eigenvalue weighted by Crippen LogP contribution is -2.17. The van der Waals surface area contributed by atoms with E-state index >= 15 is 0 Å². The quantitative estimate of drug-likeness (QED) is 0.511. The summed E-state index contributed by atoms with van der Waals surface area (Å²) in [5.41, 5.74) is 8.88. The molecule has 3 N–H and O–H groups in total. The van der Waals surface area contributed by atoms with Crippen molar-refractivity contribution in [1.82, 2.24) is 14.9 Å². The molecule has 0 saturated carbocycles. The molecule has 0 atom stereocenters. The van der Waals surface area contributed by atoms with Crippen LogP contribution in [0.15, 0.2) is 42.5 Å². The SMILES string of the molecule is COc1ccc(-c2c(NCCCN(C)C)nc(N)nc2-c2ccc(F)c(Cl)c2)cc1. The van der Waals surface area contributed by atoms with Crippen LogP contribution >= 0.6 is 11.6 Å². The second kappa shape index (κ2) is 9.73. The van der Waals surface area contributed by atoms with E-state index in [9.17, 15) is 4.39 Å². The number of nitrogens with one attached hydrogen (secondary N) is 1. The largest absolute Gasteiger partial charge is 0.497 e. The van der Waals surface area contributed by atoms with Crippen molar-refractivity contribution < 1.29 is 9.13 Å². The van der Waals surface area contributed by atoms with Gasteiger partial charge in [-0.3, -0.25) is 0 Å². The molecule has 0 aliphatic carbocycles. The first-order chi connectivity index (χ1) is 14.4. The zero-order valence-corrected chi connectivity index (χ0v) is 18.0. The van der Waals surface area contributed by atoms with Crippen LogP contribution in [0.5, 0.6) is 5.75 Å². The predicted molar refractivity (Wildman–Crippen MR) is 120 cm³/mol. The molecule has 1 aromatic heterocycles. The Balaban J connectivity index is 2.10. The van der Waals surface area contributed by atoms with E-state index in [1.54, 1.807) is 19.2 Å². The maximum atomic E-state index is 13.7. The number of nitrogens with two attached hydrogens (primary N) is 1. The van der Waals surface area contributed by atoms with Crippen molar-refractivity contribution in [3.8, 4) is 28.1 Å². The smallest absolute Gasteiger partial charge is 0.222 e. The Morgan fingerprint density at radius 2 is 1.80 bits per heavy atom. The minimum atomic E-state index is -0.490. The molecule has 0 bridgehead atoms. The van der Waals surface area contributed by atoms with E-state index in [0.717, 1.165) is 29.8 Å². The van der Waals surface area contributed by atoms with Crippen LogP contribution in [0.4, 0.5) is 16.2 Å². The normalized spacial score (nSPS) is 11.0. The van der Waals surface area contributed by atoms with Crippen LogP contribution in [0, 0.1) is 5.82 Å². The Kier molecular flexibility index (Phi) is 7.07. The van der Waals surface area contributed by atoms with Crippen LogP contribution in [0.2, 0.25) is 5.02 Å². The Hall–Kier alpha value is -2.90. The number of halogens is 2. The highest BCUT2D eigenvalue weighted by Gasteiger charge is 2.18. The molecule has 6 nitrogen and oxygen atoms in total. The summed E-state index contributed by atoms with van der Waals surface area (Å²) in [7, 11) is 5.68. The first-order valence-electron chi connectivity index (χ1n) is 9.55. The lowest BCUT2D eigenvalue weighted by atomic mass is 9.99. The summed E-state index contributed by atoms with van der Waals surface area (Å²) in [5.74, 6) is 0.983. The molecular formula is C22H25ClFN5O. The number of ether oxygens (including phenoxy) is 1. The summed E-state index contributed by atoms with van der Waals surface area (Å²) < 4.78 is 19.0. The number of benzene rings is 2. The Bertz CT molecular complexity index is 1010. The first-order valence-corrected chi connectivity index (χ1v) is 9.93. The highest BCUT2D eigenvalue weighted by molar-refractivity contribution is 6.31. The molecule has 3 aromatic rings. The monoisotopic (exact) mass is 429 g/mol. The summed E-state index contributed by atoms with van der Waals surface area (Å²) in [6, 6.07) is 12.1. The highest BCUT2D eigenvalue weighted by Crippen LogP contribution is 2.38. The molecule has 0 aliphatic heterocycles. The van der Waals surface area contributed by atoms with Crippen molar-refractivity contribution in [3.63, 3.8) is 0 Å². The van der Waals surface area contributed by atoms with Gasteiger partial charge < -0.3 is 20.7 Å². The summed E-state index contributed by atoms with van der Waals surface area (Å²) in [4.78, 5) is 11.0. The molecular weight excluding hydrogens is 405 g/mol. The molecule has 8 heteroatoms. The van der Waals surface area contributed by atoms with E-state index in [0.29, 0.717) is 23.6 Å². The number of rotatable bonds is 8. The number of anilines is 2. The van der Waals surface area contributed by atoms with Gasteiger partial charge in [0.2, 0.25) is 5.95 Å². The second-order valence-electron chi connectivity index (χ2n) is 7.10. The van der Waals surface area contributed by atoms with Crippen LogP contribution in [-0.4, -0.2) is 49.2 Å². The van der Waals surface area contributed by atoms with Gasteiger partial charge in [0.05, 0.1) is 23.4 Å². The van der Waals surface area contributed by atoms with Gasteiger partial charge in [-0.15, -0.1) is 0 Å². The molecule has 0 fully saturated rings. The maximum Gasteiger partial charge on any atom is 0.222 e. The molecule has 1 heterocycles. The lowest BCUT2D eigenvalue weighted by Gasteiger charge is -2.17. The minimum Gasteiger partial charge on any atom is -0.497 e. The van der Waals surface area contributed by atoms with Crippen LogP contribution in [0.3, 0.4) is 0 Å². The third-order valence-electron chi connectivity index (χ3n) is 4.57. The molecule has 0 saturated heterocycles. The van der Waals surface area contributed by atoms with Gasteiger partial charge in [0.1, 0.15) is 17.4 Å². The lowest BCUT2D eigenvalue weighted by molar-refractivity contribution is 0.405. The van der Waals surface area contributed by atoms with Crippen LogP contribution in [-0.2, 0) is 0 Å². The van der Waals surface area contributed by atoms with E-state index in [4.69, 9.17) is 22.1 Å².